The first-order chi connectivity index (χ1) is 11.8. The second-order valence-electron chi connectivity index (χ2n) is 4.95. The van der Waals surface area contributed by atoms with Crippen LogP contribution in [0.25, 0.3) is 10.8 Å². The Labute approximate surface area is 144 Å². The van der Waals surface area contributed by atoms with Crippen molar-refractivity contribution in [2.75, 3.05) is 6.61 Å². The van der Waals surface area contributed by atoms with E-state index in [-0.39, 0.29) is 22.8 Å². The smallest absolute Gasteiger partial charge is 0.470 e. The van der Waals surface area contributed by atoms with E-state index in [0.29, 0.717) is 16.5 Å². The molecule has 0 unspecified atom stereocenters. The monoisotopic (exact) mass is 369 g/mol. The van der Waals surface area contributed by atoms with Gasteiger partial charge in [0.15, 0.2) is 0 Å². The number of hydrogen-bond acceptors (Lipinski definition) is 5. The maximum absolute atomic E-state index is 12.4. The van der Waals surface area contributed by atoms with Crippen molar-refractivity contribution >= 4 is 34.6 Å². The van der Waals surface area contributed by atoms with Gasteiger partial charge in [0.25, 0.3) is 11.8 Å². The van der Waals surface area contributed by atoms with Crippen LogP contribution in [-0.2, 0) is 4.28 Å². The highest BCUT2D eigenvalue weighted by atomic mass is 32.2. The summed E-state index contributed by atoms with van der Waals surface area (Å²) in [5, 5.41) is 0.928. The molecule has 3 rings (SSSR count). The molecule has 0 saturated carbocycles. The highest BCUT2D eigenvalue weighted by Gasteiger charge is 2.39. The summed E-state index contributed by atoms with van der Waals surface area (Å²) in [5.41, 5.74) is -4.65. The fourth-order valence-electron chi connectivity index (χ4n) is 2.47. The van der Waals surface area contributed by atoms with Crippen molar-refractivity contribution in [1.29, 1.82) is 0 Å². The predicted octanol–water partition coefficient (Wildman–Crippen LogP) is 4.10. The van der Waals surface area contributed by atoms with Gasteiger partial charge in [0.2, 0.25) is 0 Å². The molecule has 2 aromatic carbocycles. The van der Waals surface area contributed by atoms with Gasteiger partial charge < -0.3 is 4.74 Å². The Hall–Kier alpha value is -2.52. The molecule has 0 bridgehead atoms. The lowest BCUT2D eigenvalue weighted by Crippen LogP contribution is -2.39. The van der Waals surface area contributed by atoms with Crippen molar-refractivity contribution in [2.45, 2.75) is 5.51 Å². The Bertz CT molecular complexity index is 859. The van der Waals surface area contributed by atoms with Gasteiger partial charge in [-0.15, -0.1) is 5.06 Å². The van der Waals surface area contributed by atoms with Crippen molar-refractivity contribution < 1.29 is 31.8 Å². The van der Waals surface area contributed by atoms with Gasteiger partial charge in [-0.1, -0.05) is 24.8 Å². The normalized spacial score (nSPS) is 14.1. The Morgan fingerprint density at radius 1 is 1.12 bits per heavy atom. The number of carbonyl (C=O) groups is 2. The van der Waals surface area contributed by atoms with Gasteiger partial charge in [0, 0.05) is 10.8 Å². The molecule has 0 atom stereocenters. The third-order valence-corrected chi connectivity index (χ3v) is 3.81. The maximum atomic E-state index is 12.4. The van der Waals surface area contributed by atoms with Gasteiger partial charge in [-0.3, -0.25) is 9.59 Å². The van der Waals surface area contributed by atoms with Crippen LogP contribution in [0.5, 0.6) is 5.75 Å². The van der Waals surface area contributed by atoms with E-state index < -0.39 is 29.4 Å². The number of alkyl halides is 3. The first-order valence-electron chi connectivity index (χ1n) is 6.94. The largest absolute Gasteiger partial charge is 0.489 e. The fourth-order valence-corrected chi connectivity index (χ4v) is 2.76. The Kier molecular flexibility index (Phi) is 4.44. The summed E-state index contributed by atoms with van der Waals surface area (Å²) >= 11 is -0.925. The molecule has 0 aromatic heterocycles. The topological polar surface area (TPSA) is 55.8 Å². The molecule has 0 spiro atoms. The van der Waals surface area contributed by atoms with Crippen LogP contribution >= 0.6 is 12.0 Å². The van der Waals surface area contributed by atoms with E-state index in [9.17, 15) is 22.8 Å². The van der Waals surface area contributed by atoms with E-state index in [1.807, 2.05) is 0 Å². The number of amides is 2. The average molecular weight is 369 g/mol. The minimum Gasteiger partial charge on any atom is -0.489 e. The standard InChI is InChI=1S/C16H10F3NO4S/c1-2-8-23-12-7-6-11-13-9(12)4-3-5-10(13)14(21)20(15(11)22)24-25-16(17,18)19/h2-7H,1,8H2. The lowest BCUT2D eigenvalue weighted by Gasteiger charge is -2.25. The summed E-state index contributed by atoms with van der Waals surface area (Å²) < 4.78 is 46.8. The average Bonchev–Trinajstić information content (AvgIpc) is 2.57. The van der Waals surface area contributed by atoms with Crippen LogP contribution in [0.3, 0.4) is 0 Å². The van der Waals surface area contributed by atoms with E-state index >= 15 is 0 Å². The van der Waals surface area contributed by atoms with Crippen LogP contribution in [0.2, 0.25) is 0 Å². The molecule has 1 aliphatic heterocycles. The molecule has 2 amide bonds. The zero-order chi connectivity index (χ0) is 18.2. The van der Waals surface area contributed by atoms with Crippen LogP contribution in [0.15, 0.2) is 43.0 Å². The van der Waals surface area contributed by atoms with Crippen LogP contribution < -0.4 is 4.74 Å². The number of rotatable bonds is 5. The second-order valence-corrected chi connectivity index (χ2v) is 5.73. The molecule has 0 aliphatic carbocycles. The molecule has 25 heavy (non-hydrogen) atoms. The molecule has 130 valence electrons. The highest BCUT2D eigenvalue weighted by Crippen LogP contribution is 2.38. The Balaban J connectivity index is 2.07. The number of hydroxylamine groups is 2. The summed E-state index contributed by atoms with van der Waals surface area (Å²) in [7, 11) is 0. The molecular weight excluding hydrogens is 359 g/mol. The van der Waals surface area contributed by atoms with Crippen molar-refractivity contribution in [3.63, 3.8) is 0 Å². The van der Waals surface area contributed by atoms with E-state index in [0.717, 1.165) is 0 Å². The molecule has 9 heteroatoms. The highest BCUT2D eigenvalue weighted by molar-refractivity contribution is 7.95. The number of imide groups is 1. The summed E-state index contributed by atoms with van der Waals surface area (Å²) in [4.78, 5) is 24.8. The maximum Gasteiger partial charge on any atom is 0.470 e. The van der Waals surface area contributed by atoms with Crippen molar-refractivity contribution in [3.8, 4) is 5.75 Å². The first-order valence-corrected chi connectivity index (χ1v) is 7.68. The summed E-state index contributed by atoms with van der Waals surface area (Å²) in [6.07, 6.45) is 1.54. The van der Waals surface area contributed by atoms with Gasteiger partial charge in [0.05, 0.1) is 11.1 Å². The number of ether oxygens (including phenoxy) is 1. The van der Waals surface area contributed by atoms with Crippen LogP contribution in [-0.4, -0.2) is 29.0 Å². The molecule has 1 aliphatic rings. The van der Waals surface area contributed by atoms with Gasteiger partial charge in [-0.25, -0.2) is 0 Å². The molecule has 0 radical (unpaired) electrons. The number of hydrogen-bond donors (Lipinski definition) is 0. The minimum atomic E-state index is -4.75. The summed E-state index contributed by atoms with van der Waals surface area (Å²) in [6, 6.07) is 7.50. The predicted molar refractivity (Wildman–Crippen MR) is 84.9 cm³/mol. The molecule has 5 nitrogen and oxygen atoms in total. The van der Waals surface area contributed by atoms with E-state index in [4.69, 9.17) is 4.74 Å². The zero-order valence-electron chi connectivity index (χ0n) is 12.5. The van der Waals surface area contributed by atoms with E-state index in [2.05, 4.69) is 10.9 Å². The van der Waals surface area contributed by atoms with Gasteiger partial charge in [-0.05, 0) is 18.2 Å². The lowest BCUT2D eigenvalue weighted by molar-refractivity contribution is -0.0570. The molecule has 0 N–H and O–H groups in total. The van der Waals surface area contributed by atoms with Crippen molar-refractivity contribution in [3.05, 3.63) is 54.1 Å². The third kappa shape index (κ3) is 3.20. The van der Waals surface area contributed by atoms with Crippen LogP contribution in [0, 0.1) is 0 Å². The quantitative estimate of drug-likeness (QED) is 0.451. The molecular formula is C16H10F3NO4S. The summed E-state index contributed by atoms with van der Waals surface area (Å²) in [6.45, 7) is 3.76. The van der Waals surface area contributed by atoms with Crippen molar-refractivity contribution in [2.24, 2.45) is 0 Å². The number of benzene rings is 2. The van der Waals surface area contributed by atoms with Crippen LogP contribution in [0.4, 0.5) is 13.2 Å². The van der Waals surface area contributed by atoms with Gasteiger partial charge in [0.1, 0.15) is 24.4 Å². The van der Waals surface area contributed by atoms with Gasteiger partial charge in [-0.2, -0.15) is 17.5 Å². The van der Waals surface area contributed by atoms with E-state index in [1.54, 1.807) is 12.1 Å². The molecule has 2 aromatic rings. The summed E-state index contributed by atoms with van der Waals surface area (Å²) in [5.74, 6) is -1.51. The van der Waals surface area contributed by atoms with Gasteiger partial charge >= 0.3 is 5.51 Å². The van der Waals surface area contributed by atoms with E-state index in [1.165, 1.54) is 24.3 Å². The lowest BCUT2D eigenvalue weighted by atomic mass is 9.94. The fraction of sp³-hybridized carbons (Fsp3) is 0.125. The third-order valence-electron chi connectivity index (χ3n) is 3.39. The second kappa shape index (κ2) is 6.41. The Morgan fingerprint density at radius 3 is 2.44 bits per heavy atom. The SMILES string of the molecule is C=CCOc1ccc2c3c(cccc13)C(=O)N(OSC(F)(F)F)C2=O. The number of halogens is 3. The number of nitrogens with zero attached hydrogens (tertiary/aromatic N) is 1. The minimum absolute atomic E-state index is 0.0546. The number of carbonyl (C=O) groups excluding carboxylic acids is 2. The van der Waals surface area contributed by atoms with Crippen molar-refractivity contribution in [1.82, 2.24) is 5.06 Å². The Morgan fingerprint density at radius 2 is 1.80 bits per heavy atom. The zero-order valence-corrected chi connectivity index (χ0v) is 13.3. The first kappa shape index (κ1) is 17.3. The van der Waals surface area contributed by atoms with Crippen LogP contribution in [0.1, 0.15) is 20.7 Å². The molecule has 0 fully saturated rings. The molecule has 1 heterocycles. The molecule has 0 saturated heterocycles.